The van der Waals surface area contributed by atoms with Crippen LogP contribution < -0.4 is 0 Å². The van der Waals surface area contributed by atoms with Gasteiger partial charge in [-0.05, 0) is 19.6 Å². The second kappa shape index (κ2) is 7.86. The van der Waals surface area contributed by atoms with E-state index in [1.165, 1.54) is 64.2 Å². The Morgan fingerprint density at radius 1 is 0.941 bits per heavy atom. The van der Waals surface area contributed by atoms with Gasteiger partial charge in [0, 0.05) is 12.5 Å². The fourth-order valence-corrected chi connectivity index (χ4v) is 3.07. The largest absolute Gasteiger partial charge is 0.359 e. The summed E-state index contributed by atoms with van der Waals surface area (Å²) in [5.74, 6) is 0. The van der Waals surface area contributed by atoms with Gasteiger partial charge in [0.2, 0.25) is 0 Å². The summed E-state index contributed by atoms with van der Waals surface area (Å²) in [5.41, 5.74) is 0.195. The van der Waals surface area contributed by atoms with Crippen molar-refractivity contribution in [2.45, 2.75) is 77.4 Å². The van der Waals surface area contributed by atoms with Crippen molar-refractivity contribution in [3.63, 3.8) is 0 Å². The first-order valence-corrected chi connectivity index (χ1v) is 7.21. The molecule has 0 N–H and O–H groups in total. The predicted molar refractivity (Wildman–Crippen MR) is 74.6 cm³/mol. The highest BCUT2D eigenvalue weighted by atomic mass is 16.5. The van der Waals surface area contributed by atoms with E-state index in [1.807, 2.05) is 0 Å². The molecule has 17 heavy (non-hydrogen) atoms. The fraction of sp³-hybridized carbons (Fsp3) is 0.933. The first kappa shape index (κ1) is 14.7. The number of hydrogen-bond acceptors (Lipinski definition) is 2. The van der Waals surface area contributed by atoms with Crippen LogP contribution in [0.4, 0.5) is 0 Å². The molecule has 1 atom stereocenters. The molecule has 0 radical (unpaired) electrons. The molecule has 0 aromatic heterocycles. The molecule has 2 heteroatoms. The van der Waals surface area contributed by atoms with Crippen molar-refractivity contribution in [1.29, 1.82) is 0 Å². The van der Waals surface area contributed by atoms with Crippen molar-refractivity contribution < 1.29 is 4.74 Å². The standard InChI is InChI=1S/C15H29NO/c1-15(14(16-2)17-3)12-10-8-6-4-5-7-9-11-13-15/h14H,2,4-13H2,1,3H3/t14-/m1/s1. The van der Waals surface area contributed by atoms with Crippen LogP contribution in [0.25, 0.3) is 0 Å². The Morgan fingerprint density at radius 2 is 1.35 bits per heavy atom. The van der Waals surface area contributed by atoms with Crippen LogP contribution in [0.3, 0.4) is 0 Å². The third-order valence-electron chi connectivity index (χ3n) is 4.23. The summed E-state index contributed by atoms with van der Waals surface area (Å²) in [6, 6.07) is 0. The average molecular weight is 239 g/mol. The van der Waals surface area contributed by atoms with Crippen LogP contribution in [0, 0.1) is 5.41 Å². The third-order valence-corrected chi connectivity index (χ3v) is 4.23. The van der Waals surface area contributed by atoms with E-state index in [9.17, 15) is 0 Å². The number of methoxy groups -OCH3 is 1. The van der Waals surface area contributed by atoms with Gasteiger partial charge < -0.3 is 4.74 Å². The van der Waals surface area contributed by atoms with E-state index in [0.717, 1.165) is 0 Å². The maximum absolute atomic E-state index is 5.51. The molecule has 0 aromatic rings. The van der Waals surface area contributed by atoms with Crippen LogP contribution in [0.5, 0.6) is 0 Å². The highest BCUT2D eigenvalue weighted by Crippen LogP contribution is 2.37. The molecule has 1 fully saturated rings. The monoisotopic (exact) mass is 239 g/mol. The molecule has 0 bridgehead atoms. The Morgan fingerprint density at radius 3 is 1.71 bits per heavy atom. The minimum Gasteiger partial charge on any atom is -0.359 e. The van der Waals surface area contributed by atoms with Gasteiger partial charge in [-0.3, -0.25) is 4.99 Å². The smallest absolute Gasteiger partial charge is 0.152 e. The maximum atomic E-state index is 5.51. The Kier molecular flexibility index (Phi) is 6.79. The summed E-state index contributed by atoms with van der Waals surface area (Å²) >= 11 is 0. The molecule has 1 saturated carbocycles. The van der Waals surface area contributed by atoms with Crippen molar-refractivity contribution in [1.82, 2.24) is 0 Å². The second-order valence-electron chi connectivity index (χ2n) is 5.75. The van der Waals surface area contributed by atoms with Crippen molar-refractivity contribution >= 4 is 6.72 Å². The SMILES string of the molecule is C=N[C@H](OC)C1(C)CCCCCCCCCC1. The van der Waals surface area contributed by atoms with Gasteiger partial charge in [0.1, 0.15) is 0 Å². The number of hydrogen-bond donors (Lipinski definition) is 0. The van der Waals surface area contributed by atoms with Crippen molar-refractivity contribution in [3.8, 4) is 0 Å². The van der Waals surface area contributed by atoms with Gasteiger partial charge in [0.25, 0.3) is 0 Å². The molecule has 0 saturated heterocycles. The quantitative estimate of drug-likeness (QED) is 0.661. The highest BCUT2D eigenvalue weighted by Gasteiger charge is 2.32. The maximum Gasteiger partial charge on any atom is 0.152 e. The Hall–Kier alpha value is -0.370. The van der Waals surface area contributed by atoms with E-state index in [0.29, 0.717) is 0 Å². The number of ether oxygens (including phenoxy) is 1. The van der Waals surface area contributed by atoms with E-state index in [-0.39, 0.29) is 11.6 Å². The molecule has 1 aliphatic rings. The highest BCUT2D eigenvalue weighted by molar-refractivity contribution is 5.24. The molecular formula is C15H29NO. The van der Waals surface area contributed by atoms with Crippen LogP contribution in [-0.2, 0) is 4.74 Å². The van der Waals surface area contributed by atoms with Gasteiger partial charge in [-0.2, -0.15) is 0 Å². The lowest BCUT2D eigenvalue weighted by Gasteiger charge is -2.34. The molecule has 0 spiro atoms. The first-order valence-electron chi connectivity index (χ1n) is 7.21. The normalized spacial score (nSPS) is 24.6. The Balaban J connectivity index is 2.59. The van der Waals surface area contributed by atoms with E-state index in [2.05, 4.69) is 18.6 Å². The molecule has 1 aliphatic carbocycles. The number of nitrogens with zero attached hydrogens (tertiary/aromatic N) is 1. The van der Waals surface area contributed by atoms with E-state index < -0.39 is 0 Å². The predicted octanol–water partition coefficient (Wildman–Crippen LogP) is 4.58. The summed E-state index contributed by atoms with van der Waals surface area (Å²) < 4.78 is 5.51. The van der Waals surface area contributed by atoms with Gasteiger partial charge in [0.15, 0.2) is 6.23 Å². The lowest BCUT2D eigenvalue weighted by atomic mass is 9.78. The van der Waals surface area contributed by atoms with E-state index >= 15 is 0 Å². The first-order chi connectivity index (χ1) is 8.23. The zero-order valence-corrected chi connectivity index (χ0v) is 11.7. The van der Waals surface area contributed by atoms with Gasteiger partial charge in [-0.25, -0.2) is 0 Å². The summed E-state index contributed by atoms with van der Waals surface area (Å²) in [5, 5.41) is 0. The van der Waals surface area contributed by atoms with Crippen LogP contribution in [0.15, 0.2) is 4.99 Å². The second-order valence-corrected chi connectivity index (χ2v) is 5.75. The Bertz CT molecular complexity index is 203. The van der Waals surface area contributed by atoms with Gasteiger partial charge in [0.05, 0.1) is 0 Å². The summed E-state index contributed by atoms with van der Waals surface area (Å²) in [6.45, 7) is 6.02. The van der Waals surface area contributed by atoms with Crippen molar-refractivity contribution in [3.05, 3.63) is 0 Å². The van der Waals surface area contributed by atoms with E-state index in [1.54, 1.807) is 7.11 Å². The Labute approximate surface area is 107 Å². The minimum absolute atomic E-state index is 0.0248. The summed E-state index contributed by atoms with van der Waals surface area (Å²) in [4.78, 5) is 4.18. The molecule has 0 unspecified atom stereocenters. The minimum atomic E-state index is -0.0248. The van der Waals surface area contributed by atoms with Crippen LogP contribution in [0.1, 0.15) is 71.1 Å². The summed E-state index contributed by atoms with van der Waals surface area (Å²) in [6.07, 6.45) is 13.4. The fourth-order valence-electron chi connectivity index (χ4n) is 3.07. The third kappa shape index (κ3) is 4.79. The summed E-state index contributed by atoms with van der Waals surface area (Å²) in [7, 11) is 1.76. The lowest BCUT2D eigenvalue weighted by Crippen LogP contribution is -2.32. The van der Waals surface area contributed by atoms with Crippen LogP contribution in [-0.4, -0.2) is 20.1 Å². The molecule has 0 heterocycles. The average Bonchev–Trinajstić information content (AvgIpc) is 2.37. The van der Waals surface area contributed by atoms with Gasteiger partial charge in [-0.1, -0.05) is 58.3 Å². The van der Waals surface area contributed by atoms with E-state index in [4.69, 9.17) is 4.74 Å². The molecule has 100 valence electrons. The molecule has 1 rings (SSSR count). The zero-order valence-electron chi connectivity index (χ0n) is 11.7. The number of rotatable bonds is 3. The molecule has 0 aliphatic heterocycles. The van der Waals surface area contributed by atoms with Crippen LogP contribution in [0.2, 0.25) is 0 Å². The van der Waals surface area contributed by atoms with Crippen molar-refractivity contribution in [2.75, 3.05) is 7.11 Å². The lowest BCUT2D eigenvalue weighted by molar-refractivity contribution is -0.00870. The number of aliphatic imine (C=N–C) groups is 1. The topological polar surface area (TPSA) is 21.6 Å². The van der Waals surface area contributed by atoms with Gasteiger partial charge in [-0.15, -0.1) is 0 Å². The molecule has 0 amide bonds. The van der Waals surface area contributed by atoms with Crippen LogP contribution >= 0.6 is 0 Å². The van der Waals surface area contributed by atoms with Crippen molar-refractivity contribution in [2.24, 2.45) is 10.4 Å². The zero-order chi connectivity index (χ0) is 12.6. The molecule has 0 aromatic carbocycles. The van der Waals surface area contributed by atoms with Gasteiger partial charge >= 0.3 is 0 Å². The molecule has 2 nitrogen and oxygen atoms in total. The molecular weight excluding hydrogens is 210 g/mol.